The van der Waals surface area contributed by atoms with Gasteiger partial charge in [-0.1, -0.05) is 55.1 Å². The summed E-state index contributed by atoms with van der Waals surface area (Å²) < 4.78 is 4.92. The third-order valence-corrected chi connectivity index (χ3v) is 7.84. The van der Waals surface area contributed by atoms with Crippen LogP contribution in [0.15, 0.2) is 97.1 Å². The third kappa shape index (κ3) is 3.47. The molecule has 0 atom stereocenters. The van der Waals surface area contributed by atoms with Gasteiger partial charge in [-0.2, -0.15) is 0 Å². The molecule has 0 aliphatic carbocycles. The second-order valence-electron chi connectivity index (χ2n) is 10.3. The number of nitrogens with zero attached hydrogens (tertiary/aromatic N) is 3. The van der Waals surface area contributed by atoms with E-state index in [2.05, 4.69) is 101 Å². The van der Waals surface area contributed by atoms with Crippen molar-refractivity contribution in [1.29, 1.82) is 0 Å². The Bertz CT molecular complexity index is 1750. The molecule has 0 spiro atoms. The number of fused-ring (bicyclic) bond motifs is 2. The molecule has 37 heavy (non-hydrogen) atoms. The lowest BCUT2D eigenvalue weighted by Gasteiger charge is -2.23. The van der Waals surface area contributed by atoms with Crippen LogP contribution >= 0.6 is 0 Å². The van der Waals surface area contributed by atoms with Gasteiger partial charge in [0.05, 0.1) is 0 Å². The molecule has 0 N–H and O–H groups in total. The summed E-state index contributed by atoms with van der Waals surface area (Å²) in [5.74, 6) is -0.00818. The first-order valence-electron chi connectivity index (χ1n) is 13.0. The minimum Gasteiger partial charge on any atom is -0.340 e. The molecule has 182 valence electrons. The highest BCUT2D eigenvalue weighted by Crippen LogP contribution is 2.33. The first kappa shape index (κ1) is 21.9. The number of carbonyl (C=O) groups is 1. The molecular formula is C33H29N3O. The van der Waals surface area contributed by atoms with Crippen molar-refractivity contribution in [3.05, 3.63) is 108 Å². The predicted octanol–water partition coefficient (Wildman–Crippen LogP) is 7.41. The predicted molar refractivity (Wildman–Crippen MR) is 153 cm³/mol. The molecule has 6 heterocycles. The Kier molecular flexibility index (Phi) is 4.97. The summed E-state index contributed by atoms with van der Waals surface area (Å²) >= 11 is 0. The van der Waals surface area contributed by atoms with Gasteiger partial charge in [0.15, 0.2) is 0 Å². The Balaban J connectivity index is 1.46. The lowest BCUT2D eigenvalue weighted by Crippen LogP contribution is -2.30. The molecule has 0 fully saturated rings. The standard InChI is InChI=1S/C33H29N3O/c1-22(2)33(37)34-20-23-12-14-31-27(18-23)25-8-3-5-10-29(25)35(31)16-7-17-36-30-11-6-4-9-26(30)28-19-24(21-34)13-15-32(28)36/h3-6,8-15,18-19H,1,7,16-17,20-21H2,2H3. The van der Waals surface area contributed by atoms with Gasteiger partial charge in [-0.25, -0.2) is 0 Å². The number of carbonyl (C=O) groups excluding carboxylic acids is 1. The van der Waals surface area contributed by atoms with Gasteiger partial charge in [0.1, 0.15) is 0 Å². The van der Waals surface area contributed by atoms with Crippen LogP contribution in [0.4, 0.5) is 0 Å². The number of benzene rings is 4. The zero-order chi connectivity index (χ0) is 25.1. The smallest absolute Gasteiger partial charge is 0.249 e. The molecule has 4 aromatic carbocycles. The van der Waals surface area contributed by atoms with E-state index in [-0.39, 0.29) is 5.91 Å². The molecule has 1 amide bonds. The van der Waals surface area contributed by atoms with Crippen molar-refractivity contribution in [3.8, 4) is 0 Å². The molecule has 4 aliphatic heterocycles. The average Bonchev–Trinajstić information content (AvgIpc) is 3.40. The summed E-state index contributed by atoms with van der Waals surface area (Å²) in [7, 11) is 0. The van der Waals surface area contributed by atoms with Crippen molar-refractivity contribution in [2.45, 2.75) is 39.5 Å². The fourth-order valence-electron chi connectivity index (χ4n) is 6.18. The average molecular weight is 484 g/mol. The van der Waals surface area contributed by atoms with Crippen LogP contribution in [-0.2, 0) is 31.0 Å². The molecule has 0 saturated heterocycles. The highest BCUT2D eigenvalue weighted by molar-refractivity contribution is 6.09. The lowest BCUT2D eigenvalue weighted by molar-refractivity contribution is -0.128. The minimum atomic E-state index is -0.00818. The van der Waals surface area contributed by atoms with E-state index in [0.29, 0.717) is 18.7 Å². The summed E-state index contributed by atoms with van der Waals surface area (Å²) in [5, 5.41) is 5.03. The van der Waals surface area contributed by atoms with Crippen molar-refractivity contribution in [1.82, 2.24) is 14.0 Å². The highest BCUT2D eigenvalue weighted by Gasteiger charge is 2.19. The summed E-state index contributed by atoms with van der Waals surface area (Å²) in [4.78, 5) is 15.2. The fraction of sp³-hybridized carbons (Fsp3) is 0.182. The van der Waals surface area contributed by atoms with Crippen LogP contribution in [0.3, 0.4) is 0 Å². The van der Waals surface area contributed by atoms with E-state index in [9.17, 15) is 4.79 Å². The molecule has 4 nitrogen and oxygen atoms in total. The van der Waals surface area contributed by atoms with Crippen LogP contribution in [0.5, 0.6) is 0 Å². The Morgan fingerprint density at radius 1 is 0.649 bits per heavy atom. The lowest BCUT2D eigenvalue weighted by atomic mass is 10.1. The number of rotatable bonds is 1. The molecule has 4 aliphatic rings. The van der Waals surface area contributed by atoms with Gasteiger partial charge in [0.2, 0.25) is 5.91 Å². The van der Waals surface area contributed by atoms with E-state index in [1.165, 1.54) is 43.6 Å². The van der Waals surface area contributed by atoms with Crippen LogP contribution in [0.25, 0.3) is 43.6 Å². The quantitative estimate of drug-likeness (QED) is 0.224. The Labute approximate surface area is 216 Å². The van der Waals surface area contributed by atoms with Gasteiger partial charge in [0.25, 0.3) is 0 Å². The normalized spacial score (nSPS) is 14.2. The van der Waals surface area contributed by atoms with E-state index >= 15 is 0 Å². The summed E-state index contributed by atoms with van der Waals surface area (Å²) in [6.07, 6.45) is 1.03. The first-order chi connectivity index (χ1) is 18.1. The van der Waals surface area contributed by atoms with Gasteiger partial charge in [-0.05, 0) is 60.9 Å². The van der Waals surface area contributed by atoms with Gasteiger partial charge < -0.3 is 14.0 Å². The number of amides is 1. The number of aromatic nitrogens is 2. The Morgan fingerprint density at radius 3 is 1.59 bits per heavy atom. The van der Waals surface area contributed by atoms with Crippen LogP contribution < -0.4 is 0 Å². The van der Waals surface area contributed by atoms with E-state index < -0.39 is 0 Å². The molecule has 10 rings (SSSR count). The second-order valence-corrected chi connectivity index (χ2v) is 10.3. The number of para-hydroxylation sites is 2. The molecule has 4 heteroatoms. The number of aryl methyl sites for hydroxylation is 2. The molecular weight excluding hydrogens is 454 g/mol. The second kappa shape index (κ2) is 8.38. The molecule has 0 unspecified atom stereocenters. The van der Waals surface area contributed by atoms with Gasteiger partial charge in [0, 0.05) is 75.4 Å². The Morgan fingerprint density at radius 2 is 1.11 bits per heavy atom. The van der Waals surface area contributed by atoms with E-state index in [1.54, 1.807) is 6.92 Å². The maximum atomic E-state index is 13.3. The van der Waals surface area contributed by atoms with Crippen LogP contribution in [0, 0.1) is 0 Å². The van der Waals surface area contributed by atoms with E-state index in [4.69, 9.17) is 0 Å². The van der Waals surface area contributed by atoms with Crippen molar-refractivity contribution < 1.29 is 4.79 Å². The van der Waals surface area contributed by atoms with Crippen LogP contribution in [0.1, 0.15) is 24.5 Å². The topological polar surface area (TPSA) is 30.2 Å². The van der Waals surface area contributed by atoms with E-state index in [1.807, 2.05) is 4.90 Å². The zero-order valence-electron chi connectivity index (χ0n) is 21.1. The van der Waals surface area contributed by atoms with Crippen molar-refractivity contribution >= 4 is 49.5 Å². The van der Waals surface area contributed by atoms with Gasteiger partial charge in [-0.15, -0.1) is 0 Å². The maximum Gasteiger partial charge on any atom is 0.249 e. The van der Waals surface area contributed by atoms with Crippen molar-refractivity contribution in [2.75, 3.05) is 0 Å². The number of hydrogen-bond acceptors (Lipinski definition) is 1. The van der Waals surface area contributed by atoms with Gasteiger partial charge >= 0.3 is 0 Å². The molecule has 8 bridgehead atoms. The molecule has 6 aromatic rings. The van der Waals surface area contributed by atoms with E-state index in [0.717, 1.165) is 30.6 Å². The monoisotopic (exact) mass is 483 g/mol. The largest absolute Gasteiger partial charge is 0.340 e. The summed E-state index contributed by atoms with van der Waals surface area (Å²) in [6.45, 7) is 8.73. The molecule has 0 radical (unpaired) electrons. The molecule has 0 saturated carbocycles. The first-order valence-corrected chi connectivity index (χ1v) is 13.0. The SMILES string of the molecule is C=C(C)C(=O)N1Cc2ccc3c(c2)c2ccccc2n3CCCn2c3ccccc3c3cc(ccc32)C1. The number of hydrogen-bond donors (Lipinski definition) is 0. The summed E-state index contributed by atoms with van der Waals surface area (Å²) in [5.41, 5.74) is 7.86. The van der Waals surface area contributed by atoms with Crippen LogP contribution in [-0.4, -0.2) is 19.9 Å². The van der Waals surface area contributed by atoms with Crippen LogP contribution in [0.2, 0.25) is 0 Å². The minimum absolute atomic E-state index is 0.00818. The third-order valence-electron chi connectivity index (χ3n) is 7.84. The van der Waals surface area contributed by atoms with Crippen molar-refractivity contribution in [2.24, 2.45) is 0 Å². The van der Waals surface area contributed by atoms with Crippen molar-refractivity contribution in [3.63, 3.8) is 0 Å². The maximum absolute atomic E-state index is 13.3. The zero-order valence-corrected chi connectivity index (χ0v) is 21.1. The highest BCUT2D eigenvalue weighted by atomic mass is 16.2. The summed E-state index contributed by atoms with van der Waals surface area (Å²) in [6, 6.07) is 30.7. The molecule has 2 aromatic heterocycles. The Hall–Kier alpha value is -4.31. The van der Waals surface area contributed by atoms with Gasteiger partial charge in [-0.3, -0.25) is 4.79 Å². The fourth-order valence-corrected chi connectivity index (χ4v) is 6.18.